The summed E-state index contributed by atoms with van der Waals surface area (Å²) in [7, 11) is -2.04. The quantitative estimate of drug-likeness (QED) is 0.216. The minimum atomic E-state index is -3.61. The first-order valence-electron chi connectivity index (χ1n) is 15.6. The standard InChI is InChI=1S/C35H45N3O7S/c1-24-22-37(15-16-44-24)32-20-27(35(2,3)4)8-11-29(32)25-7-10-30-26(19-25)13-14-38(34(30)39)28-9-12-33(45-23-43-18-17-42-5)31(21-28)36-46(6,40)41/h7-12,19-21,24,36H,13-18,22-23H2,1-6H3. The molecule has 0 spiro atoms. The van der Waals surface area contributed by atoms with Crippen molar-refractivity contribution in [3.8, 4) is 16.9 Å². The van der Waals surface area contributed by atoms with Crippen molar-refractivity contribution >= 4 is 33.0 Å². The predicted molar refractivity (Wildman–Crippen MR) is 182 cm³/mol. The molecule has 3 aromatic carbocycles. The van der Waals surface area contributed by atoms with Crippen molar-refractivity contribution in [3.05, 3.63) is 71.3 Å². The molecule has 5 rings (SSSR count). The molecule has 11 heteroatoms. The van der Waals surface area contributed by atoms with Gasteiger partial charge in [-0.25, -0.2) is 8.42 Å². The Morgan fingerprint density at radius 1 is 1.00 bits per heavy atom. The van der Waals surface area contributed by atoms with Gasteiger partial charge in [-0.3, -0.25) is 9.52 Å². The summed E-state index contributed by atoms with van der Waals surface area (Å²) < 4.78 is 48.6. The lowest BCUT2D eigenvalue weighted by Gasteiger charge is -2.35. The van der Waals surface area contributed by atoms with Crippen LogP contribution < -0.4 is 19.3 Å². The average molecular weight is 652 g/mol. The second kappa shape index (κ2) is 14.0. The Morgan fingerprint density at radius 2 is 1.78 bits per heavy atom. The number of nitrogens with zero attached hydrogens (tertiary/aromatic N) is 2. The van der Waals surface area contributed by atoms with Crippen LogP contribution in [-0.2, 0) is 36.1 Å². The molecule has 0 bridgehead atoms. The van der Waals surface area contributed by atoms with E-state index in [1.807, 2.05) is 12.1 Å². The minimum Gasteiger partial charge on any atom is -0.465 e. The molecule has 2 aliphatic rings. The summed E-state index contributed by atoms with van der Waals surface area (Å²) in [5, 5.41) is 0. The summed E-state index contributed by atoms with van der Waals surface area (Å²) in [5.41, 5.74) is 7.09. The molecule has 248 valence electrons. The number of benzene rings is 3. The highest BCUT2D eigenvalue weighted by Gasteiger charge is 2.28. The van der Waals surface area contributed by atoms with E-state index in [1.54, 1.807) is 30.2 Å². The Hall–Kier alpha value is -3.64. The molecule has 1 amide bonds. The third-order valence-electron chi connectivity index (χ3n) is 8.24. The van der Waals surface area contributed by atoms with Gasteiger partial charge in [0.05, 0.1) is 37.9 Å². The van der Waals surface area contributed by atoms with Crippen LogP contribution in [0.4, 0.5) is 17.1 Å². The second-order valence-corrected chi connectivity index (χ2v) is 14.7. The zero-order valence-electron chi connectivity index (χ0n) is 27.6. The maximum absolute atomic E-state index is 13.8. The number of hydrogen-bond acceptors (Lipinski definition) is 8. The van der Waals surface area contributed by atoms with Gasteiger partial charge in [-0.2, -0.15) is 0 Å². The number of sulfonamides is 1. The van der Waals surface area contributed by atoms with Gasteiger partial charge in [-0.1, -0.05) is 45.0 Å². The molecule has 2 aliphatic heterocycles. The van der Waals surface area contributed by atoms with Crippen LogP contribution in [0.15, 0.2) is 54.6 Å². The molecular formula is C35H45N3O7S. The van der Waals surface area contributed by atoms with Gasteiger partial charge in [0.1, 0.15) is 5.75 Å². The van der Waals surface area contributed by atoms with Crippen LogP contribution in [-0.4, -0.2) is 80.0 Å². The number of fused-ring (bicyclic) bond motifs is 1. The zero-order chi connectivity index (χ0) is 33.1. The maximum atomic E-state index is 13.8. The van der Waals surface area contributed by atoms with E-state index in [1.165, 1.54) is 11.3 Å². The molecule has 1 atom stereocenters. The number of morpholine rings is 1. The second-order valence-electron chi connectivity index (χ2n) is 12.9. The van der Waals surface area contributed by atoms with Crippen LogP contribution in [0.1, 0.15) is 49.2 Å². The molecule has 1 unspecified atom stereocenters. The minimum absolute atomic E-state index is 0.00970. The van der Waals surface area contributed by atoms with Gasteiger partial charge >= 0.3 is 0 Å². The lowest BCUT2D eigenvalue weighted by molar-refractivity contribution is -0.00814. The predicted octanol–water partition coefficient (Wildman–Crippen LogP) is 5.45. The first kappa shape index (κ1) is 33.7. The molecule has 0 aliphatic carbocycles. The van der Waals surface area contributed by atoms with E-state index in [0.717, 1.165) is 36.0 Å². The molecule has 10 nitrogen and oxygen atoms in total. The maximum Gasteiger partial charge on any atom is 0.258 e. The van der Waals surface area contributed by atoms with E-state index in [-0.39, 0.29) is 29.9 Å². The third-order valence-corrected chi connectivity index (χ3v) is 8.83. The SMILES string of the molecule is COCCOCOc1ccc(N2CCc3cc(-c4ccc(C(C)(C)C)cc4N4CCOC(C)C4)ccc3C2=O)cc1NS(C)(=O)=O. The molecular weight excluding hydrogens is 606 g/mol. The van der Waals surface area contributed by atoms with Gasteiger partial charge in [0, 0.05) is 49.2 Å². The number of hydrogen-bond donors (Lipinski definition) is 1. The van der Waals surface area contributed by atoms with E-state index in [4.69, 9.17) is 18.9 Å². The molecule has 0 saturated carbocycles. The number of ether oxygens (including phenoxy) is 4. The van der Waals surface area contributed by atoms with E-state index in [9.17, 15) is 13.2 Å². The molecule has 3 aromatic rings. The molecule has 0 aromatic heterocycles. The Labute approximate surface area is 272 Å². The van der Waals surface area contributed by atoms with Crippen molar-refractivity contribution in [1.29, 1.82) is 0 Å². The summed E-state index contributed by atoms with van der Waals surface area (Å²) in [5.74, 6) is 0.156. The van der Waals surface area contributed by atoms with Crippen molar-refractivity contribution < 1.29 is 32.2 Å². The van der Waals surface area contributed by atoms with Crippen molar-refractivity contribution in [2.24, 2.45) is 0 Å². The van der Waals surface area contributed by atoms with Crippen molar-refractivity contribution in [3.63, 3.8) is 0 Å². The highest BCUT2D eigenvalue weighted by Crippen LogP contribution is 2.38. The summed E-state index contributed by atoms with van der Waals surface area (Å²) in [4.78, 5) is 17.9. The van der Waals surface area contributed by atoms with Crippen molar-refractivity contribution in [1.82, 2.24) is 0 Å². The van der Waals surface area contributed by atoms with Crippen LogP contribution in [0.3, 0.4) is 0 Å². The number of methoxy groups -OCH3 is 1. The number of carbonyl (C=O) groups is 1. The number of amides is 1. The van der Waals surface area contributed by atoms with Crippen LogP contribution >= 0.6 is 0 Å². The Kier molecular flexibility index (Phi) is 10.3. The van der Waals surface area contributed by atoms with Crippen LogP contribution in [0, 0.1) is 0 Å². The van der Waals surface area contributed by atoms with E-state index in [0.29, 0.717) is 49.8 Å². The largest absolute Gasteiger partial charge is 0.465 e. The third kappa shape index (κ3) is 8.01. The van der Waals surface area contributed by atoms with E-state index < -0.39 is 10.0 Å². The van der Waals surface area contributed by atoms with Gasteiger partial charge in [0.2, 0.25) is 10.0 Å². The lowest BCUT2D eigenvalue weighted by Crippen LogP contribution is -2.41. The molecule has 0 radical (unpaired) electrons. The lowest BCUT2D eigenvalue weighted by atomic mass is 9.84. The number of carbonyl (C=O) groups excluding carboxylic acids is 1. The molecule has 1 fully saturated rings. The fraction of sp³-hybridized carbons (Fsp3) is 0.457. The van der Waals surface area contributed by atoms with Crippen molar-refractivity contribution in [2.75, 3.05) is 74.1 Å². The number of rotatable bonds is 11. The monoisotopic (exact) mass is 651 g/mol. The van der Waals surface area contributed by atoms with E-state index >= 15 is 0 Å². The summed E-state index contributed by atoms with van der Waals surface area (Å²) in [6, 6.07) is 17.8. The Bertz CT molecular complexity index is 1670. The number of nitrogens with one attached hydrogen (secondary N) is 1. The Balaban J connectivity index is 1.42. The molecule has 1 saturated heterocycles. The summed E-state index contributed by atoms with van der Waals surface area (Å²) >= 11 is 0. The van der Waals surface area contributed by atoms with Crippen LogP contribution in [0.2, 0.25) is 0 Å². The van der Waals surface area contributed by atoms with Gasteiger partial charge < -0.3 is 28.7 Å². The average Bonchev–Trinajstić information content (AvgIpc) is 3.00. The Morgan fingerprint density at radius 3 is 2.50 bits per heavy atom. The zero-order valence-corrected chi connectivity index (χ0v) is 28.4. The van der Waals surface area contributed by atoms with Crippen molar-refractivity contribution in [2.45, 2.75) is 45.6 Å². The highest BCUT2D eigenvalue weighted by atomic mass is 32.2. The first-order valence-corrected chi connectivity index (χ1v) is 17.5. The molecule has 46 heavy (non-hydrogen) atoms. The molecule has 2 heterocycles. The van der Waals surface area contributed by atoms with Gasteiger partial charge in [-0.05, 0) is 65.8 Å². The molecule has 1 N–H and O–H groups in total. The highest BCUT2D eigenvalue weighted by molar-refractivity contribution is 7.92. The first-order chi connectivity index (χ1) is 21.8. The van der Waals surface area contributed by atoms with Crippen LogP contribution in [0.25, 0.3) is 11.1 Å². The van der Waals surface area contributed by atoms with Crippen LogP contribution in [0.5, 0.6) is 5.75 Å². The summed E-state index contributed by atoms with van der Waals surface area (Å²) in [6.45, 7) is 12.2. The normalized spacial score (nSPS) is 17.2. The fourth-order valence-corrected chi connectivity index (χ4v) is 6.40. The van der Waals surface area contributed by atoms with Gasteiger partial charge in [0.25, 0.3) is 5.91 Å². The smallest absolute Gasteiger partial charge is 0.258 e. The fourth-order valence-electron chi connectivity index (χ4n) is 5.84. The van der Waals surface area contributed by atoms with E-state index in [2.05, 4.69) is 61.6 Å². The summed E-state index contributed by atoms with van der Waals surface area (Å²) in [6.07, 6.45) is 1.87. The topological polar surface area (TPSA) is 107 Å². The van der Waals surface area contributed by atoms with Gasteiger partial charge in [0.15, 0.2) is 6.79 Å². The van der Waals surface area contributed by atoms with Gasteiger partial charge in [-0.15, -0.1) is 0 Å². The number of anilines is 3.